The summed E-state index contributed by atoms with van der Waals surface area (Å²) in [5.41, 5.74) is 3.11. The van der Waals surface area contributed by atoms with Crippen molar-refractivity contribution in [1.29, 1.82) is 0 Å². The second-order valence-corrected chi connectivity index (χ2v) is 62.6. The first-order chi connectivity index (χ1) is 17.0. The van der Waals surface area contributed by atoms with Crippen molar-refractivity contribution >= 4 is 38.6 Å². The van der Waals surface area contributed by atoms with Gasteiger partial charge >= 0.3 is 595 Å². The first kappa shape index (κ1) is 44.7. The topological polar surface area (TPSA) is 34.1 Å². The van der Waals surface area contributed by atoms with Crippen molar-refractivity contribution in [1.82, 2.24) is 0 Å². The van der Waals surface area contributed by atoms with Gasteiger partial charge in [-0.05, 0) is 0 Å². The molecule has 0 amide bonds. The van der Waals surface area contributed by atoms with Gasteiger partial charge in [-0.25, -0.2) is 0 Å². The molecule has 0 unspecified atom stereocenters. The van der Waals surface area contributed by atoms with E-state index >= 15 is 8.42 Å². The zero-order chi connectivity index (χ0) is 28.0. The molecular weight excluding hydrogens is 3040 g/mol. The molecule has 148 valence electrons. The number of hydrogen-bond acceptors (Lipinski definition) is 2. The summed E-state index contributed by atoms with van der Waals surface area (Å²) in [6.07, 6.45) is 0. The third kappa shape index (κ3) is 9.24. The normalized spacial score (nSPS) is 11.6. The number of benzene rings is 4. The average molecular weight is 3060 g/mol. The van der Waals surface area contributed by atoms with Crippen LogP contribution in [0, 0.1) is 527 Å². The Hall–Kier alpha value is 15.0. The van der Waals surface area contributed by atoms with E-state index in [0.29, 0.717) is 171 Å². The van der Waals surface area contributed by atoms with Gasteiger partial charge < -0.3 is 0 Å². The van der Waals surface area contributed by atoms with E-state index in [1.165, 1.54) is 22.8 Å². The van der Waals surface area contributed by atoms with Crippen LogP contribution in [0.5, 0.6) is 0 Å². The van der Waals surface area contributed by atoms with Gasteiger partial charge in [0.15, 0.2) is 0 Å². The van der Waals surface area contributed by atoms with Crippen LogP contribution in [-0.2, 0) is 9.84 Å². The van der Waals surface area contributed by atoms with E-state index in [2.05, 4.69) is 13.8 Å². The van der Waals surface area contributed by atoms with E-state index in [1.54, 1.807) is 16.0 Å². The van der Waals surface area contributed by atoms with Gasteiger partial charge in [-0.2, -0.15) is 0 Å². The van der Waals surface area contributed by atoms with Crippen LogP contribution >= 0.6 is 0 Å². The Balaban J connectivity index is 2.40. The molecule has 2 nitrogen and oxygen atoms in total. The number of sulfone groups is 1. The number of fused-ring (bicyclic) bond motifs is 2. The van der Waals surface area contributed by atoms with Gasteiger partial charge in [-0.3, -0.25) is 0 Å². The molecule has 0 atom stereocenters. The minimum absolute atomic E-state index is 0.00339. The Bertz CT molecular complexity index is 1690. The first-order valence-electron chi connectivity index (χ1n) is 13.2. The van der Waals surface area contributed by atoms with Gasteiger partial charge in [0.1, 0.15) is 0 Å². The quantitative estimate of drug-likeness (QED) is 0.201. The number of aryl methyl sites for hydroxylation is 2. The Morgan fingerprint density at radius 2 is 0.595 bits per heavy atom. The Kier molecular flexibility index (Phi) is 23.4. The van der Waals surface area contributed by atoms with Crippen LogP contribution in [0.2, 0.25) is 0 Å². The summed E-state index contributed by atoms with van der Waals surface area (Å²) < 4.78 is 50.7. The summed E-state index contributed by atoms with van der Waals surface area (Å²) in [5.74, 6) is 0. The summed E-state index contributed by atoms with van der Waals surface area (Å²) in [5, 5.41) is 5.72. The van der Waals surface area contributed by atoms with Gasteiger partial charge in [-0.1, -0.05) is 0 Å². The molecule has 0 saturated carbocycles. The standard InChI is InChI=1S/C22H6O2S.12Ra.12H/c1-15-11-13-21(19-9-5-3-7-17(15)19)25(23,24)22-14-12-16(2)18-8-4-6-10-20(18)22;;;;;;;;;;;;;;;;;;;;;;;;/h1-2H3;;;;;;;;;;;;;;;;;;;;;;;;. The fourth-order valence-corrected chi connectivity index (χ4v) is 87.2. The molecule has 4 aromatic carbocycles. The predicted molar refractivity (Wildman–Crippen MR) is 115 cm³/mol. The fraction of sp³-hybridized carbons (Fsp3) is 0.0909. The molecule has 0 heterocycles. The predicted octanol–water partition coefficient (Wildman–Crippen LogP) is -7.67. The van der Waals surface area contributed by atoms with Crippen LogP contribution in [0.3, 0.4) is 0 Å². The summed E-state index contributed by atoms with van der Waals surface area (Å²) in [6, 6.07) is 0. The zero-order valence-corrected chi connectivity index (χ0v) is 125. The van der Waals surface area contributed by atoms with Gasteiger partial charge in [-0.15, -0.1) is 0 Å². The summed E-state index contributed by atoms with van der Waals surface area (Å²) in [6.45, 7) is 4.78. The third-order valence-corrected chi connectivity index (χ3v) is 218. The van der Waals surface area contributed by atoms with Gasteiger partial charge in [0.25, 0.3) is 0 Å². The molecule has 0 radical (unpaired) electrons. The maximum atomic E-state index is 15.4. The van der Waals surface area contributed by atoms with E-state index in [1.807, 2.05) is 1.21 Å². The molecule has 15 heteroatoms. The van der Waals surface area contributed by atoms with Crippen molar-refractivity contribution in [3.8, 4) is 0 Å². The van der Waals surface area contributed by atoms with E-state index in [0.717, 1.165) is 9.79 Å². The second kappa shape index (κ2) is 19.4. The van der Waals surface area contributed by atoms with Gasteiger partial charge in [0, 0.05) is 0 Å². The summed E-state index contributed by atoms with van der Waals surface area (Å²) in [7, 11) is -3.47. The molecule has 0 fully saturated rings. The summed E-state index contributed by atoms with van der Waals surface area (Å²) in [4.78, 5) is 1.88. The Morgan fingerprint density at radius 3 is 0.865 bits per heavy atom. The van der Waals surface area contributed by atoms with Crippen molar-refractivity contribution in [3.05, 3.63) is 11.1 Å². The Morgan fingerprint density at radius 1 is 0.351 bits per heavy atom. The SMILES string of the molecule is Cc1[c]([RaH])[c]([RaH])c(S(=O)(=O)c2[c]([RaH])[c]([RaH])c(C)c3[c]([RaH])[c]([RaH])[c]([RaH])[c]([RaH])c23)c2[c]([RaH])[c]([RaH])[c]([RaH])[c]([RaH])c12. The van der Waals surface area contributed by atoms with Gasteiger partial charge in [0.05, 0.1) is 0 Å². The number of hydrogen-bond donors (Lipinski definition) is 0. The zero-order valence-electron chi connectivity index (χ0n) is 25.2. The minimum atomic E-state index is -3.47. The molecule has 37 heavy (non-hydrogen) atoms. The van der Waals surface area contributed by atoms with Crippen molar-refractivity contribution in [2.45, 2.75) is 23.6 Å². The molecule has 0 bridgehead atoms. The van der Waals surface area contributed by atoms with Crippen LogP contribution in [0.15, 0.2) is 9.79 Å². The van der Waals surface area contributed by atoms with Crippen LogP contribution in [0.1, 0.15) is 11.1 Å². The maximum absolute atomic E-state index is 15.4. The van der Waals surface area contributed by atoms with Gasteiger partial charge in [0.2, 0.25) is 0 Å². The molecule has 0 aromatic heterocycles. The molecule has 0 spiro atoms. The van der Waals surface area contributed by atoms with Crippen LogP contribution in [0.4, 0.5) is 0 Å². The van der Waals surface area contributed by atoms with E-state index in [9.17, 15) is 0 Å². The third-order valence-electron chi connectivity index (χ3n) is 10.0. The molecule has 0 N–H and O–H groups in total. The fourth-order valence-electron chi connectivity index (χ4n) is 6.56. The molecule has 0 aliphatic carbocycles. The number of rotatable bonds is 2. The van der Waals surface area contributed by atoms with Crippen molar-refractivity contribution in [3.63, 3.8) is 0 Å². The van der Waals surface area contributed by atoms with E-state index in [-0.39, 0.29) is 342 Å². The van der Waals surface area contributed by atoms with Crippen LogP contribution in [-0.4, -0.2) is 8.42 Å². The van der Waals surface area contributed by atoms with E-state index < -0.39 is 9.84 Å². The average Bonchev–Trinajstić information content (AvgIpc) is 2.84. The molecule has 4 rings (SSSR count). The monoisotopic (exact) mass is 3060 g/mol. The van der Waals surface area contributed by atoms with Crippen molar-refractivity contribution in [2.75, 3.05) is 0 Å². The van der Waals surface area contributed by atoms with Crippen molar-refractivity contribution in [2.24, 2.45) is 0 Å². The molecular formula is C22H18O2Ra12S. The molecule has 0 aliphatic heterocycles. The van der Waals surface area contributed by atoms with Crippen LogP contribution in [0.25, 0.3) is 21.5 Å². The molecule has 4 aromatic rings. The van der Waals surface area contributed by atoms with Crippen molar-refractivity contribution < 1.29 is 522 Å². The summed E-state index contributed by atoms with van der Waals surface area (Å²) >= 11 is 2.49. The Labute approximate surface area is 570 Å². The second-order valence-electron chi connectivity index (χ2n) is 11.4. The molecule has 0 aliphatic rings. The van der Waals surface area contributed by atoms with Crippen LogP contribution < -0.4 is 7.25 Å². The molecule has 0 saturated heterocycles. The van der Waals surface area contributed by atoms with E-state index in [4.69, 9.17) is 0 Å². The first-order valence-corrected chi connectivity index (χ1v) is 64.0.